The average Bonchev–Trinajstić information content (AvgIpc) is 3.47. The molecule has 3 N–H and O–H groups in total. The Labute approximate surface area is 235 Å². The highest BCUT2D eigenvalue weighted by Gasteiger charge is 2.17. The van der Waals surface area contributed by atoms with Crippen LogP contribution in [0.4, 0.5) is 11.4 Å². The number of hydrogen-bond donors (Lipinski definition) is 3. The first-order valence-corrected chi connectivity index (χ1v) is 13.9. The summed E-state index contributed by atoms with van der Waals surface area (Å²) in [6, 6.07) is 25.0. The Bertz CT molecular complexity index is 1450. The van der Waals surface area contributed by atoms with E-state index in [4.69, 9.17) is 4.74 Å². The minimum Gasteiger partial charge on any atom is -0.497 e. The van der Waals surface area contributed by atoms with E-state index in [-0.39, 0.29) is 22.8 Å². The van der Waals surface area contributed by atoms with Crippen molar-refractivity contribution in [3.05, 3.63) is 113 Å². The molecule has 0 fully saturated rings. The van der Waals surface area contributed by atoms with Crippen LogP contribution in [0, 0.1) is 0 Å². The second-order valence-corrected chi connectivity index (χ2v) is 10.6. The van der Waals surface area contributed by atoms with Crippen LogP contribution in [0.25, 0.3) is 6.08 Å². The average molecular weight is 558 g/mol. The van der Waals surface area contributed by atoms with Crippen LogP contribution >= 0.6 is 23.1 Å². The lowest BCUT2D eigenvalue weighted by atomic mass is 10.2. The Hall–Kier alpha value is -4.34. The second kappa shape index (κ2) is 13.5. The van der Waals surface area contributed by atoms with E-state index in [0.717, 1.165) is 10.5 Å². The second-order valence-electron chi connectivity index (χ2n) is 8.39. The maximum absolute atomic E-state index is 13.1. The summed E-state index contributed by atoms with van der Waals surface area (Å²) in [5.74, 6) is -0.293. The molecular formula is C30H27N3O4S2. The third-order valence-corrected chi connectivity index (χ3v) is 7.33. The lowest BCUT2D eigenvalue weighted by molar-refractivity contribution is -0.115. The van der Waals surface area contributed by atoms with Crippen LogP contribution in [-0.2, 0) is 9.59 Å². The summed E-state index contributed by atoms with van der Waals surface area (Å²) in [6.07, 6.45) is 1.64. The Morgan fingerprint density at radius 2 is 1.67 bits per heavy atom. The molecule has 3 aromatic carbocycles. The molecule has 3 amide bonds. The molecular weight excluding hydrogens is 530 g/mol. The predicted octanol–water partition coefficient (Wildman–Crippen LogP) is 6.29. The first kappa shape index (κ1) is 27.7. The van der Waals surface area contributed by atoms with Crippen molar-refractivity contribution in [3.8, 4) is 5.75 Å². The molecule has 1 aromatic heterocycles. The van der Waals surface area contributed by atoms with Crippen molar-refractivity contribution in [2.45, 2.75) is 17.1 Å². The SMILES string of the molecule is COc1cccc(NC(=O)C(C)Sc2ccc(NC(=O)/C(=C/c3ccsc3)NC(=O)c3ccccc3)cc2)c1. The van der Waals surface area contributed by atoms with Gasteiger partial charge in [-0.2, -0.15) is 11.3 Å². The number of amides is 3. The summed E-state index contributed by atoms with van der Waals surface area (Å²) >= 11 is 2.90. The molecule has 7 nitrogen and oxygen atoms in total. The lowest BCUT2D eigenvalue weighted by Gasteiger charge is -2.14. The number of carbonyl (C=O) groups is 3. The van der Waals surface area contributed by atoms with E-state index in [1.807, 2.05) is 54.1 Å². The van der Waals surface area contributed by atoms with Gasteiger partial charge in [0.25, 0.3) is 11.8 Å². The number of anilines is 2. The van der Waals surface area contributed by atoms with Gasteiger partial charge in [-0.05, 0) is 83.9 Å². The third kappa shape index (κ3) is 8.07. The molecule has 0 aliphatic carbocycles. The van der Waals surface area contributed by atoms with Gasteiger partial charge in [0.2, 0.25) is 5.91 Å². The van der Waals surface area contributed by atoms with Crippen molar-refractivity contribution in [1.82, 2.24) is 5.32 Å². The molecule has 4 aromatic rings. The Balaban J connectivity index is 1.38. The standard InChI is InChI=1S/C30H27N3O4S2/c1-20(28(34)32-24-9-6-10-25(18-24)37-2)39-26-13-11-23(12-14-26)31-30(36)27(17-21-15-16-38-19-21)33-29(35)22-7-4-3-5-8-22/h3-20H,1-2H3,(H,31,36)(H,32,34)(H,33,35)/b27-17-. The monoisotopic (exact) mass is 557 g/mol. The van der Waals surface area contributed by atoms with E-state index in [0.29, 0.717) is 22.7 Å². The number of hydrogen-bond acceptors (Lipinski definition) is 6. The van der Waals surface area contributed by atoms with Crippen LogP contribution < -0.4 is 20.7 Å². The van der Waals surface area contributed by atoms with Gasteiger partial charge in [0, 0.05) is 27.9 Å². The summed E-state index contributed by atoms with van der Waals surface area (Å²) in [5.41, 5.74) is 2.61. The topological polar surface area (TPSA) is 96.5 Å². The van der Waals surface area contributed by atoms with Crippen LogP contribution in [0.15, 0.2) is 106 Å². The first-order valence-electron chi connectivity index (χ1n) is 12.0. The van der Waals surface area contributed by atoms with E-state index in [9.17, 15) is 14.4 Å². The van der Waals surface area contributed by atoms with Crippen molar-refractivity contribution in [3.63, 3.8) is 0 Å². The van der Waals surface area contributed by atoms with Crippen molar-refractivity contribution in [1.29, 1.82) is 0 Å². The normalized spacial score (nSPS) is 11.8. The largest absolute Gasteiger partial charge is 0.497 e. The third-order valence-electron chi connectivity index (χ3n) is 5.51. The minimum absolute atomic E-state index is 0.128. The van der Waals surface area contributed by atoms with Crippen LogP contribution in [0.1, 0.15) is 22.8 Å². The fourth-order valence-electron chi connectivity index (χ4n) is 3.48. The van der Waals surface area contributed by atoms with Gasteiger partial charge >= 0.3 is 0 Å². The van der Waals surface area contributed by atoms with E-state index < -0.39 is 5.91 Å². The molecule has 1 unspecified atom stereocenters. The van der Waals surface area contributed by atoms with Gasteiger partial charge in [0.1, 0.15) is 11.4 Å². The maximum atomic E-state index is 13.1. The zero-order chi connectivity index (χ0) is 27.6. The summed E-state index contributed by atoms with van der Waals surface area (Å²) in [5, 5.41) is 11.9. The number of nitrogens with one attached hydrogen (secondary N) is 3. The molecule has 4 rings (SSSR count). The summed E-state index contributed by atoms with van der Waals surface area (Å²) in [7, 11) is 1.58. The minimum atomic E-state index is -0.447. The maximum Gasteiger partial charge on any atom is 0.272 e. The van der Waals surface area contributed by atoms with Crippen LogP contribution in [-0.4, -0.2) is 30.1 Å². The van der Waals surface area contributed by atoms with Crippen LogP contribution in [0.2, 0.25) is 0 Å². The van der Waals surface area contributed by atoms with E-state index in [2.05, 4.69) is 16.0 Å². The van der Waals surface area contributed by atoms with Gasteiger partial charge < -0.3 is 20.7 Å². The highest BCUT2D eigenvalue weighted by molar-refractivity contribution is 8.00. The van der Waals surface area contributed by atoms with Gasteiger partial charge in [-0.25, -0.2) is 0 Å². The summed E-state index contributed by atoms with van der Waals surface area (Å²) < 4.78 is 5.20. The Morgan fingerprint density at radius 1 is 0.897 bits per heavy atom. The van der Waals surface area contributed by atoms with Gasteiger partial charge in [-0.1, -0.05) is 24.3 Å². The van der Waals surface area contributed by atoms with E-state index in [1.54, 1.807) is 61.7 Å². The molecule has 0 bridgehead atoms. The Kier molecular flexibility index (Phi) is 9.55. The predicted molar refractivity (Wildman–Crippen MR) is 158 cm³/mol. The zero-order valence-corrected chi connectivity index (χ0v) is 23.0. The summed E-state index contributed by atoms with van der Waals surface area (Å²) in [4.78, 5) is 39.4. The van der Waals surface area contributed by atoms with Gasteiger partial charge in [-0.3, -0.25) is 14.4 Å². The molecule has 39 heavy (non-hydrogen) atoms. The van der Waals surface area contributed by atoms with Crippen molar-refractivity contribution in [2.75, 3.05) is 17.7 Å². The van der Waals surface area contributed by atoms with Gasteiger partial charge in [0.15, 0.2) is 0 Å². The molecule has 198 valence electrons. The number of ether oxygens (including phenoxy) is 1. The molecule has 0 aliphatic heterocycles. The van der Waals surface area contributed by atoms with Gasteiger partial charge in [0.05, 0.1) is 12.4 Å². The molecule has 9 heteroatoms. The quantitative estimate of drug-likeness (QED) is 0.157. The van der Waals surface area contributed by atoms with E-state index in [1.165, 1.54) is 23.1 Å². The fraction of sp³-hybridized carbons (Fsp3) is 0.100. The van der Waals surface area contributed by atoms with Crippen LogP contribution in [0.5, 0.6) is 5.75 Å². The smallest absolute Gasteiger partial charge is 0.272 e. The lowest BCUT2D eigenvalue weighted by Crippen LogP contribution is -2.30. The highest BCUT2D eigenvalue weighted by Crippen LogP contribution is 2.26. The molecule has 0 saturated carbocycles. The summed E-state index contributed by atoms with van der Waals surface area (Å²) in [6.45, 7) is 1.83. The van der Waals surface area contributed by atoms with Crippen molar-refractivity contribution in [2.24, 2.45) is 0 Å². The molecule has 1 heterocycles. The fourth-order valence-corrected chi connectivity index (χ4v) is 4.97. The number of thioether (sulfide) groups is 1. The molecule has 0 spiro atoms. The number of rotatable bonds is 10. The molecule has 0 aliphatic rings. The first-order chi connectivity index (χ1) is 18.9. The molecule has 1 atom stereocenters. The number of benzene rings is 3. The van der Waals surface area contributed by atoms with Crippen LogP contribution in [0.3, 0.4) is 0 Å². The van der Waals surface area contributed by atoms with Gasteiger partial charge in [-0.15, -0.1) is 11.8 Å². The van der Waals surface area contributed by atoms with Crippen molar-refractivity contribution < 1.29 is 19.1 Å². The Morgan fingerprint density at radius 3 is 2.36 bits per heavy atom. The molecule has 0 saturated heterocycles. The number of methoxy groups -OCH3 is 1. The zero-order valence-electron chi connectivity index (χ0n) is 21.3. The van der Waals surface area contributed by atoms with E-state index >= 15 is 0 Å². The van der Waals surface area contributed by atoms with Crippen molar-refractivity contribution >= 4 is 58.3 Å². The molecule has 0 radical (unpaired) electrons. The number of carbonyl (C=O) groups excluding carboxylic acids is 3. The highest BCUT2D eigenvalue weighted by atomic mass is 32.2. The number of thiophene rings is 1.